The summed E-state index contributed by atoms with van der Waals surface area (Å²) in [6.07, 6.45) is 0. The molecule has 33 valence electrons. The summed E-state index contributed by atoms with van der Waals surface area (Å²) in [6.45, 7) is 2.34. The maximum absolute atomic E-state index is 9.34. The zero-order chi connectivity index (χ0) is 4.12. The molecule has 6 heavy (non-hydrogen) atoms. The zero-order valence-corrected chi connectivity index (χ0v) is 5.76. The van der Waals surface area contributed by atoms with Gasteiger partial charge in [0.15, 0.2) is 0 Å². The van der Waals surface area contributed by atoms with Crippen molar-refractivity contribution in [2.24, 2.45) is 0 Å². The van der Waals surface area contributed by atoms with Crippen LogP contribution in [0.15, 0.2) is 0 Å². The predicted octanol–water partition coefficient (Wildman–Crippen LogP) is 0.581. The van der Waals surface area contributed by atoms with Gasteiger partial charge in [-0.2, -0.15) is 0 Å². The number of hydrogen-bond donors (Lipinski definition) is 0. The van der Waals surface area contributed by atoms with E-state index in [4.69, 9.17) is 0 Å². The first-order chi connectivity index (χ1) is 2.41. The molecule has 0 aliphatic rings. The molecule has 3 radical (unpaired) electrons. The lowest BCUT2D eigenvalue weighted by Crippen LogP contribution is -1.65. The van der Waals surface area contributed by atoms with Gasteiger partial charge in [-0.05, 0) is 11.5 Å². The van der Waals surface area contributed by atoms with Crippen LogP contribution < -0.4 is 0 Å². The van der Waals surface area contributed by atoms with Crippen molar-refractivity contribution in [3.05, 3.63) is 0 Å². The molecule has 1 atom stereocenters. The van der Waals surface area contributed by atoms with Gasteiger partial charge in [-0.25, -0.2) is 0 Å². The maximum atomic E-state index is 9.34. The Morgan fingerprint density at radius 3 is 2.33 bits per heavy atom. The number of hydrogen-bond acceptors (Lipinski definition) is 2. The predicted molar refractivity (Wildman–Crippen MR) is 26.4 cm³/mol. The smallest absolute Gasteiger partial charge is 0.148 e. The molecular formula is C2H6AlO2P+. The van der Waals surface area contributed by atoms with Crippen molar-refractivity contribution in [2.45, 2.75) is 6.92 Å². The lowest BCUT2D eigenvalue weighted by Gasteiger charge is -1.62. The van der Waals surface area contributed by atoms with Crippen molar-refractivity contribution >= 4 is 26.0 Å². The molecule has 0 aliphatic carbocycles. The van der Waals surface area contributed by atoms with Crippen molar-refractivity contribution in [3.63, 3.8) is 0 Å². The maximum Gasteiger partial charge on any atom is 0.494 e. The fourth-order valence-electron chi connectivity index (χ4n) is 0.0589. The Morgan fingerprint density at radius 2 is 2.33 bits per heavy atom. The van der Waals surface area contributed by atoms with Crippen LogP contribution in [0.5, 0.6) is 0 Å². The van der Waals surface area contributed by atoms with Crippen LogP contribution in [0.3, 0.4) is 0 Å². The highest BCUT2D eigenvalue weighted by atomic mass is 31.1. The summed E-state index contributed by atoms with van der Waals surface area (Å²) in [5, 5.41) is 0. The van der Waals surface area contributed by atoms with Crippen molar-refractivity contribution in [2.75, 3.05) is 6.61 Å². The molecule has 0 heterocycles. The molecule has 0 N–H and O–H groups in total. The summed E-state index contributed by atoms with van der Waals surface area (Å²) >= 11 is 0. The SMILES string of the molecule is CCO[PH+]=O.[Al]. The Bertz CT molecular complexity index is 32.7. The summed E-state index contributed by atoms with van der Waals surface area (Å²) in [5.41, 5.74) is 0. The third-order valence-electron chi connectivity index (χ3n) is 0.203. The average Bonchev–Trinajstić information content (AvgIpc) is 1.41. The standard InChI is InChI=1S/C2H6O2P.Al/c1-2-4-5-3;/h5H,2H2,1H3;/q+1;. The van der Waals surface area contributed by atoms with Gasteiger partial charge in [-0.3, -0.25) is 0 Å². The monoisotopic (exact) mass is 120 g/mol. The Hall–Kier alpha value is 0.592. The Labute approximate surface area is 49.3 Å². The van der Waals surface area contributed by atoms with E-state index in [2.05, 4.69) is 4.52 Å². The van der Waals surface area contributed by atoms with E-state index in [-0.39, 0.29) is 17.4 Å². The van der Waals surface area contributed by atoms with Crippen LogP contribution in [0.4, 0.5) is 0 Å². The highest BCUT2D eigenvalue weighted by Gasteiger charge is 1.76. The van der Waals surface area contributed by atoms with Crippen LogP contribution in [0, 0.1) is 0 Å². The lowest BCUT2D eigenvalue weighted by atomic mass is 10.9. The minimum atomic E-state index is -0.592. The minimum Gasteiger partial charge on any atom is -0.148 e. The van der Waals surface area contributed by atoms with Gasteiger partial charge in [0, 0.05) is 17.4 Å². The Kier molecular flexibility index (Phi) is 14.9. The molecule has 0 rings (SSSR count). The van der Waals surface area contributed by atoms with Gasteiger partial charge < -0.3 is 0 Å². The van der Waals surface area contributed by atoms with Crippen LogP contribution in [-0.4, -0.2) is 24.0 Å². The highest BCUT2D eigenvalue weighted by molar-refractivity contribution is 7.17. The van der Waals surface area contributed by atoms with E-state index in [0.29, 0.717) is 6.61 Å². The molecule has 0 aromatic heterocycles. The van der Waals surface area contributed by atoms with E-state index in [0.717, 1.165) is 0 Å². The fraction of sp³-hybridized carbons (Fsp3) is 1.00. The first kappa shape index (κ1) is 9.78. The summed E-state index contributed by atoms with van der Waals surface area (Å²) in [7, 11) is -0.592. The van der Waals surface area contributed by atoms with E-state index in [1.165, 1.54) is 0 Å². The van der Waals surface area contributed by atoms with E-state index in [9.17, 15) is 4.57 Å². The van der Waals surface area contributed by atoms with E-state index >= 15 is 0 Å². The summed E-state index contributed by atoms with van der Waals surface area (Å²) in [6, 6.07) is 0. The first-order valence-electron chi connectivity index (χ1n) is 1.40. The Balaban J connectivity index is 0. The topological polar surface area (TPSA) is 26.3 Å². The van der Waals surface area contributed by atoms with Crippen molar-refractivity contribution in [1.29, 1.82) is 0 Å². The van der Waals surface area contributed by atoms with Gasteiger partial charge in [0.05, 0.1) is 6.61 Å². The number of rotatable bonds is 2. The third kappa shape index (κ3) is 8.82. The van der Waals surface area contributed by atoms with Crippen LogP contribution in [-0.2, 0) is 9.09 Å². The second kappa shape index (κ2) is 9.14. The molecule has 0 aromatic carbocycles. The molecule has 0 amide bonds. The van der Waals surface area contributed by atoms with Crippen LogP contribution in [0.25, 0.3) is 0 Å². The van der Waals surface area contributed by atoms with Crippen LogP contribution in [0.1, 0.15) is 6.92 Å². The largest absolute Gasteiger partial charge is 0.494 e. The quantitative estimate of drug-likeness (QED) is 0.393. The first-order valence-corrected chi connectivity index (χ1v) is 2.22. The van der Waals surface area contributed by atoms with Crippen molar-refractivity contribution in [3.8, 4) is 0 Å². The van der Waals surface area contributed by atoms with Crippen LogP contribution in [0.2, 0.25) is 0 Å². The third-order valence-corrected chi connectivity index (χ3v) is 0.610. The van der Waals surface area contributed by atoms with Crippen molar-refractivity contribution in [1.82, 2.24) is 0 Å². The highest BCUT2D eigenvalue weighted by Crippen LogP contribution is 1.89. The minimum absolute atomic E-state index is 0. The van der Waals surface area contributed by atoms with Gasteiger partial charge in [0.1, 0.15) is 0 Å². The summed E-state index contributed by atoms with van der Waals surface area (Å²) in [4.78, 5) is 0. The fourth-order valence-corrected chi connectivity index (χ4v) is 0.177. The van der Waals surface area contributed by atoms with Gasteiger partial charge in [0.2, 0.25) is 0 Å². The van der Waals surface area contributed by atoms with Gasteiger partial charge in [-0.15, -0.1) is 4.52 Å². The van der Waals surface area contributed by atoms with E-state index < -0.39 is 8.69 Å². The summed E-state index contributed by atoms with van der Waals surface area (Å²) in [5.74, 6) is 0. The molecule has 0 bridgehead atoms. The molecule has 4 heteroatoms. The molecular weight excluding hydrogens is 114 g/mol. The normalized spacial score (nSPS) is 7.50. The van der Waals surface area contributed by atoms with E-state index in [1.54, 1.807) is 6.92 Å². The van der Waals surface area contributed by atoms with Gasteiger partial charge in [0.25, 0.3) is 0 Å². The summed E-state index contributed by atoms with van der Waals surface area (Å²) < 4.78 is 13.6. The molecule has 0 saturated carbocycles. The molecule has 0 aliphatic heterocycles. The lowest BCUT2D eigenvalue weighted by molar-refractivity contribution is 0.365. The molecule has 0 saturated heterocycles. The molecule has 1 unspecified atom stereocenters. The second-order valence-corrected chi connectivity index (χ2v) is 0.972. The van der Waals surface area contributed by atoms with Gasteiger partial charge in [-0.1, -0.05) is 0 Å². The molecule has 0 fully saturated rings. The zero-order valence-electron chi connectivity index (χ0n) is 3.60. The second-order valence-electron chi connectivity index (χ2n) is 0.516. The molecule has 0 spiro atoms. The van der Waals surface area contributed by atoms with Crippen molar-refractivity contribution < 1.29 is 9.09 Å². The Morgan fingerprint density at radius 1 is 1.83 bits per heavy atom. The average molecular weight is 120 g/mol. The molecule has 2 nitrogen and oxygen atoms in total. The molecule has 0 aromatic rings. The van der Waals surface area contributed by atoms with Crippen LogP contribution >= 0.6 is 8.69 Å². The van der Waals surface area contributed by atoms with E-state index in [1.807, 2.05) is 0 Å². The van der Waals surface area contributed by atoms with Gasteiger partial charge >= 0.3 is 8.69 Å².